The van der Waals surface area contributed by atoms with Gasteiger partial charge in [-0.25, -0.2) is 0 Å². The Morgan fingerprint density at radius 2 is 0.635 bits per heavy atom. The van der Waals surface area contributed by atoms with Crippen molar-refractivity contribution in [3.63, 3.8) is 0 Å². The molecule has 0 amide bonds. The van der Waals surface area contributed by atoms with E-state index in [0.29, 0.717) is 0 Å². The average molecular weight is 803 g/mol. The molecule has 0 unspecified atom stereocenters. The number of para-hydroxylation sites is 3. The smallest absolute Gasteiger partial charge is 0.0754 e. The van der Waals surface area contributed by atoms with Crippen LogP contribution in [0.2, 0.25) is 0 Å². The quantitative estimate of drug-likeness (QED) is 0.158. The third-order valence-corrected chi connectivity index (χ3v) is 13.1. The molecule has 0 fully saturated rings. The molecule has 0 atom stereocenters. The summed E-state index contributed by atoms with van der Waals surface area (Å²) in [6, 6.07) is 93.1. The van der Waals surface area contributed by atoms with Gasteiger partial charge in [0, 0.05) is 22.7 Å². The molecular weight excluding hydrogens is 761 g/mol. The number of benzene rings is 10. The van der Waals surface area contributed by atoms with Gasteiger partial charge in [-0.2, -0.15) is 0 Å². The second-order valence-electron chi connectivity index (χ2n) is 16.5. The van der Waals surface area contributed by atoms with Crippen molar-refractivity contribution in [1.29, 1.82) is 0 Å². The summed E-state index contributed by atoms with van der Waals surface area (Å²) >= 11 is 0. The molecule has 63 heavy (non-hydrogen) atoms. The lowest BCUT2D eigenvalue weighted by Gasteiger charge is -2.45. The van der Waals surface area contributed by atoms with Crippen molar-refractivity contribution >= 4 is 34.1 Å². The van der Waals surface area contributed by atoms with Gasteiger partial charge in [0.2, 0.25) is 0 Å². The van der Waals surface area contributed by atoms with Crippen molar-refractivity contribution in [1.82, 2.24) is 0 Å². The Hall–Kier alpha value is -8.20. The van der Waals surface area contributed by atoms with E-state index in [2.05, 4.69) is 265 Å². The fraction of sp³-hybridized carbons (Fsp3) is 0.0164. The number of hydrogen-bond donors (Lipinski definition) is 0. The van der Waals surface area contributed by atoms with E-state index >= 15 is 0 Å². The first-order chi connectivity index (χ1) is 31.3. The van der Waals surface area contributed by atoms with Crippen LogP contribution in [0.1, 0.15) is 22.3 Å². The molecular formula is C61H42N2. The van der Waals surface area contributed by atoms with Crippen LogP contribution in [0.25, 0.3) is 44.5 Å². The van der Waals surface area contributed by atoms with Gasteiger partial charge in [0.25, 0.3) is 0 Å². The summed E-state index contributed by atoms with van der Waals surface area (Å²) in [5, 5.41) is 0. The first-order valence-corrected chi connectivity index (χ1v) is 21.8. The molecule has 10 aromatic rings. The third kappa shape index (κ3) is 5.95. The fourth-order valence-corrected chi connectivity index (χ4v) is 10.3. The Bertz CT molecular complexity index is 3120. The zero-order chi connectivity index (χ0) is 41.7. The van der Waals surface area contributed by atoms with Crippen molar-refractivity contribution in [3.8, 4) is 44.5 Å². The van der Waals surface area contributed by atoms with Gasteiger partial charge in [-0.3, -0.25) is 0 Å². The average Bonchev–Trinajstić information content (AvgIpc) is 3.65. The Morgan fingerprint density at radius 1 is 0.270 bits per heavy atom. The lowest BCUT2D eigenvalue weighted by molar-refractivity contribution is 0.753. The van der Waals surface area contributed by atoms with E-state index in [4.69, 9.17) is 0 Å². The van der Waals surface area contributed by atoms with Crippen molar-refractivity contribution in [2.24, 2.45) is 0 Å². The van der Waals surface area contributed by atoms with Gasteiger partial charge in [-0.1, -0.05) is 188 Å². The standard InChI is InChI=1S/C61H42N2/c1-4-16-43(17-5-1)45-28-35-50(36-29-45)62(51-37-30-46(31-38-51)44-18-6-2-7-19-44)52-39-32-47(33-40-52)48-34-41-56-54(42-48)53-22-10-11-23-55(53)61(56)57-24-12-14-26-59(57)63(49-20-8-3-9-21-49)60-27-15-13-25-58(60)61/h1-42H. The van der Waals surface area contributed by atoms with E-state index in [0.717, 1.165) is 22.7 Å². The van der Waals surface area contributed by atoms with E-state index in [1.807, 2.05) is 0 Å². The second-order valence-corrected chi connectivity index (χ2v) is 16.5. The summed E-state index contributed by atoms with van der Waals surface area (Å²) < 4.78 is 0. The maximum absolute atomic E-state index is 2.44. The van der Waals surface area contributed by atoms with Gasteiger partial charge in [0.15, 0.2) is 0 Å². The van der Waals surface area contributed by atoms with Crippen LogP contribution in [0.15, 0.2) is 255 Å². The van der Waals surface area contributed by atoms with Crippen LogP contribution in [0.3, 0.4) is 0 Å². The minimum Gasteiger partial charge on any atom is -0.311 e. The van der Waals surface area contributed by atoms with Crippen molar-refractivity contribution in [2.75, 3.05) is 9.80 Å². The molecule has 1 heterocycles. The molecule has 0 N–H and O–H groups in total. The van der Waals surface area contributed by atoms with E-state index in [1.165, 1.54) is 78.1 Å². The molecule has 0 saturated heterocycles. The van der Waals surface area contributed by atoms with Crippen LogP contribution < -0.4 is 9.80 Å². The summed E-state index contributed by atoms with van der Waals surface area (Å²) in [5.41, 5.74) is 21.4. The van der Waals surface area contributed by atoms with Crippen LogP contribution in [-0.4, -0.2) is 0 Å². The van der Waals surface area contributed by atoms with Crippen LogP contribution in [0, 0.1) is 0 Å². The monoisotopic (exact) mass is 802 g/mol. The minimum absolute atomic E-state index is 0.473. The van der Waals surface area contributed by atoms with Crippen LogP contribution in [-0.2, 0) is 5.41 Å². The van der Waals surface area contributed by atoms with Gasteiger partial charge in [-0.15, -0.1) is 0 Å². The Kier molecular flexibility index (Phi) is 8.76. The van der Waals surface area contributed by atoms with Crippen molar-refractivity contribution < 1.29 is 0 Å². The normalized spacial score (nSPS) is 12.9. The zero-order valence-corrected chi connectivity index (χ0v) is 34.6. The number of nitrogens with zero attached hydrogens (tertiary/aromatic N) is 2. The summed E-state index contributed by atoms with van der Waals surface area (Å²) in [6.07, 6.45) is 0. The van der Waals surface area contributed by atoms with E-state index < -0.39 is 5.41 Å². The summed E-state index contributed by atoms with van der Waals surface area (Å²) in [4.78, 5) is 4.79. The highest BCUT2D eigenvalue weighted by molar-refractivity contribution is 5.97. The van der Waals surface area contributed by atoms with Crippen LogP contribution in [0.4, 0.5) is 34.1 Å². The SMILES string of the molecule is c1ccc(-c2ccc(N(c3ccc(-c4ccccc4)cc3)c3ccc(-c4ccc5c(c4)-c4ccccc4C54c5ccccc5N(c5ccccc5)c5ccccc54)cc3)cc2)cc1. The molecule has 1 aliphatic heterocycles. The van der Waals surface area contributed by atoms with Gasteiger partial charge in [0.1, 0.15) is 0 Å². The Labute approximate surface area is 369 Å². The highest BCUT2D eigenvalue weighted by Gasteiger charge is 2.51. The molecule has 1 aliphatic carbocycles. The third-order valence-electron chi connectivity index (χ3n) is 13.1. The first-order valence-electron chi connectivity index (χ1n) is 21.8. The molecule has 1 spiro atoms. The highest BCUT2D eigenvalue weighted by Crippen LogP contribution is 2.63. The van der Waals surface area contributed by atoms with Crippen molar-refractivity contribution in [2.45, 2.75) is 5.41 Å². The second kappa shape index (κ2) is 15.1. The molecule has 296 valence electrons. The van der Waals surface area contributed by atoms with Gasteiger partial charge in [0.05, 0.1) is 16.8 Å². The number of hydrogen-bond acceptors (Lipinski definition) is 2. The molecule has 0 saturated carbocycles. The summed E-state index contributed by atoms with van der Waals surface area (Å²) in [6.45, 7) is 0. The molecule has 0 bridgehead atoms. The molecule has 10 aromatic carbocycles. The van der Waals surface area contributed by atoms with Crippen LogP contribution >= 0.6 is 0 Å². The van der Waals surface area contributed by atoms with E-state index in [9.17, 15) is 0 Å². The topological polar surface area (TPSA) is 6.48 Å². The van der Waals surface area contributed by atoms with Gasteiger partial charge >= 0.3 is 0 Å². The number of anilines is 6. The number of fused-ring (bicyclic) bond motifs is 9. The molecule has 2 heteroatoms. The minimum atomic E-state index is -0.473. The molecule has 2 aliphatic rings. The molecule has 0 radical (unpaired) electrons. The lowest BCUT2D eigenvalue weighted by atomic mass is 9.64. The molecule has 2 nitrogen and oxygen atoms in total. The maximum Gasteiger partial charge on any atom is 0.0754 e. The van der Waals surface area contributed by atoms with Gasteiger partial charge in [-0.05, 0) is 133 Å². The van der Waals surface area contributed by atoms with Gasteiger partial charge < -0.3 is 9.80 Å². The predicted octanol–water partition coefficient (Wildman–Crippen LogP) is 16.3. The highest BCUT2D eigenvalue weighted by atomic mass is 15.2. The fourth-order valence-electron chi connectivity index (χ4n) is 10.3. The van der Waals surface area contributed by atoms with Crippen LogP contribution in [0.5, 0.6) is 0 Å². The molecule has 12 rings (SSSR count). The molecule has 0 aromatic heterocycles. The Morgan fingerprint density at radius 3 is 1.14 bits per heavy atom. The zero-order valence-electron chi connectivity index (χ0n) is 34.6. The van der Waals surface area contributed by atoms with E-state index in [-0.39, 0.29) is 0 Å². The lowest BCUT2D eigenvalue weighted by Crippen LogP contribution is -2.36. The predicted molar refractivity (Wildman–Crippen MR) is 263 cm³/mol. The van der Waals surface area contributed by atoms with E-state index in [1.54, 1.807) is 0 Å². The van der Waals surface area contributed by atoms with Crippen molar-refractivity contribution in [3.05, 3.63) is 277 Å². The maximum atomic E-state index is 2.44. The summed E-state index contributed by atoms with van der Waals surface area (Å²) in [7, 11) is 0. The summed E-state index contributed by atoms with van der Waals surface area (Å²) in [5.74, 6) is 0. The first kappa shape index (κ1) is 36.6. The number of rotatable bonds is 7. The Balaban J connectivity index is 0.955. The largest absolute Gasteiger partial charge is 0.311 e.